The molecule has 0 aliphatic carbocycles. The summed E-state index contributed by atoms with van der Waals surface area (Å²) in [6.07, 6.45) is 0.716. The molecule has 1 aromatic rings. The van der Waals surface area contributed by atoms with Crippen molar-refractivity contribution in [1.29, 1.82) is 0 Å². The van der Waals surface area contributed by atoms with Gasteiger partial charge in [-0.05, 0) is 19.0 Å². The third kappa shape index (κ3) is 5.52. The first-order chi connectivity index (χ1) is 9.17. The number of rotatable bonds is 7. The Morgan fingerprint density at radius 3 is 2.53 bits per heavy atom. The van der Waals surface area contributed by atoms with Crippen LogP contribution in [0.25, 0.3) is 0 Å². The molecule has 0 radical (unpaired) electrons. The summed E-state index contributed by atoms with van der Waals surface area (Å²) in [7, 11) is 3.02. The van der Waals surface area contributed by atoms with Crippen LogP contribution >= 0.6 is 0 Å². The van der Waals surface area contributed by atoms with Gasteiger partial charge in [-0.1, -0.05) is 30.3 Å². The van der Waals surface area contributed by atoms with Crippen LogP contribution in [0.15, 0.2) is 30.3 Å². The number of hydrogen-bond acceptors (Lipinski definition) is 4. The van der Waals surface area contributed by atoms with E-state index in [-0.39, 0.29) is 19.0 Å². The summed E-state index contributed by atoms with van der Waals surface area (Å²) in [5.41, 5.74) is 1.13. The molecule has 104 valence electrons. The first kappa shape index (κ1) is 15.2. The van der Waals surface area contributed by atoms with Gasteiger partial charge in [-0.15, -0.1) is 0 Å². The minimum atomic E-state index is -0.405. The second kappa shape index (κ2) is 8.26. The standard InChI is InChI=1S/C14H20N2O3/c1-15-10-13(17)16(11-14(18)19-2)9-8-12-6-4-3-5-7-12/h3-7,15H,8-11H2,1-2H3. The number of likely N-dealkylation sites (N-methyl/N-ethyl adjacent to an activating group) is 1. The van der Waals surface area contributed by atoms with Gasteiger partial charge in [0.2, 0.25) is 5.91 Å². The molecule has 0 aliphatic heterocycles. The minimum Gasteiger partial charge on any atom is -0.468 e. The Bertz CT molecular complexity index is 406. The van der Waals surface area contributed by atoms with E-state index < -0.39 is 5.97 Å². The van der Waals surface area contributed by atoms with E-state index in [1.807, 2.05) is 30.3 Å². The summed E-state index contributed by atoms with van der Waals surface area (Å²) < 4.78 is 4.61. The van der Waals surface area contributed by atoms with Gasteiger partial charge in [0.25, 0.3) is 0 Å². The summed E-state index contributed by atoms with van der Waals surface area (Å²) in [5.74, 6) is -0.513. The van der Waals surface area contributed by atoms with E-state index >= 15 is 0 Å². The minimum absolute atomic E-state index is 0.0101. The lowest BCUT2D eigenvalue weighted by Gasteiger charge is -2.21. The highest BCUT2D eigenvalue weighted by molar-refractivity contribution is 5.83. The summed E-state index contributed by atoms with van der Waals surface area (Å²) in [6, 6.07) is 9.85. The molecular formula is C14H20N2O3. The van der Waals surface area contributed by atoms with Crippen LogP contribution in [-0.4, -0.2) is 50.6 Å². The average molecular weight is 264 g/mol. The number of amides is 1. The zero-order chi connectivity index (χ0) is 14.1. The first-order valence-electron chi connectivity index (χ1n) is 6.20. The van der Waals surface area contributed by atoms with E-state index in [4.69, 9.17) is 0 Å². The predicted octanol–water partition coefficient (Wildman–Crippen LogP) is 0.450. The van der Waals surface area contributed by atoms with Gasteiger partial charge in [0, 0.05) is 6.54 Å². The van der Waals surface area contributed by atoms with Crippen LogP contribution in [0.2, 0.25) is 0 Å². The Labute approximate surface area is 113 Å². The molecule has 1 amide bonds. The summed E-state index contributed by atoms with van der Waals surface area (Å²) >= 11 is 0. The van der Waals surface area contributed by atoms with Gasteiger partial charge in [0.05, 0.1) is 13.7 Å². The molecule has 0 saturated heterocycles. The molecule has 0 spiro atoms. The number of hydrogen-bond donors (Lipinski definition) is 1. The topological polar surface area (TPSA) is 58.6 Å². The number of methoxy groups -OCH3 is 1. The predicted molar refractivity (Wildman–Crippen MR) is 72.7 cm³/mol. The number of nitrogens with one attached hydrogen (secondary N) is 1. The number of nitrogens with zero attached hydrogens (tertiary/aromatic N) is 1. The third-order valence-corrected chi connectivity index (χ3v) is 2.74. The molecule has 5 heteroatoms. The van der Waals surface area contributed by atoms with Crippen LogP contribution in [0, 0.1) is 0 Å². The molecular weight excluding hydrogens is 244 g/mol. The van der Waals surface area contributed by atoms with Gasteiger partial charge in [-0.2, -0.15) is 0 Å². The highest BCUT2D eigenvalue weighted by atomic mass is 16.5. The Morgan fingerprint density at radius 2 is 1.95 bits per heavy atom. The van der Waals surface area contributed by atoms with E-state index in [9.17, 15) is 9.59 Å². The van der Waals surface area contributed by atoms with Gasteiger partial charge in [0.1, 0.15) is 6.54 Å². The Kier molecular flexibility index (Phi) is 6.60. The highest BCUT2D eigenvalue weighted by Crippen LogP contribution is 2.02. The third-order valence-electron chi connectivity index (χ3n) is 2.74. The van der Waals surface area contributed by atoms with Crippen LogP contribution in [-0.2, 0) is 20.7 Å². The maximum Gasteiger partial charge on any atom is 0.325 e. The molecule has 1 aromatic carbocycles. The number of carbonyl (C=O) groups excluding carboxylic acids is 2. The largest absolute Gasteiger partial charge is 0.468 e. The van der Waals surface area contributed by atoms with Crippen LogP contribution in [0.4, 0.5) is 0 Å². The fourth-order valence-electron chi connectivity index (χ4n) is 1.68. The van der Waals surface area contributed by atoms with Crippen molar-refractivity contribution in [3.05, 3.63) is 35.9 Å². The van der Waals surface area contributed by atoms with Crippen LogP contribution in [0.3, 0.4) is 0 Å². The Hall–Kier alpha value is -1.88. The van der Waals surface area contributed by atoms with Gasteiger partial charge in [0.15, 0.2) is 0 Å². The second-order valence-electron chi connectivity index (χ2n) is 4.16. The lowest BCUT2D eigenvalue weighted by atomic mass is 10.1. The Balaban J connectivity index is 2.58. The zero-order valence-corrected chi connectivity index (χ0v) is 11.4. The molecule has 1 N–H and O–H groups in total. The fraction of sp³-hybridized carbons (Fsp3) is 0.429. The van der Waals surface area contributed by atoms with Crippen molar-refractivity contribution in [3.8, 4) is 0 Å². The molecule has 5 nitrogen and oxygen atoms in total. The van der Waals surface area contributed by atoms with Crippen molar-refractivity contribution >= 4 is 11.9 Å². The van der Waals surface area contributed by atoms with Crippen molar-refractivity contribution in [2.45, 2.75) is 6.42 Å². The molecule has 0 saturated carbocycles. The maximum atomic E-state index is 11.9. The zero-order valence-electron chi connectivity index (χ0n) is 11.4. The van der Waals surface area contributed by atoms with Crippen molar-refractivity contribution in [2.24, 2.45) is 0 Å². The number of esters is 1. The molecule has 0 bridgehead atoms. The quantitative estimate of drug-likeness (QED) is 0.726. The second-order valence-corrected chi connectivity index (χ2v) is 4.16. The lowest BCUT2D eigenvalue weighted by Crippen LogP contribution is -2.41. The molecule has 0 aliphatic rings. The van der Waals surface area contributed by atoms with E-state index in [0.29, 0.717) is 13.0 Å². The monoisotopic (exact) mass is 264 g/mol. The lowest BCUT2D eigenvalue weighted by molar-refractivity contribution is -0.146. The van der Waals surface area contributed by atoms with Gasteiger partial charge in [-0.3, -0.25) is 9.59 Å². The van der Waals surface area contributed by atoms with Gasteiger partial charge >= 0.3 is 5.97 Å². The normalized spacial score (nSPS) is 10.0. The molecule has 0 heterocycles. The van der Waals surface area contributed by atoms with Crippen molar-refractivity contribution in [3.63, 3.8) is 0 Å². The van der Waals surface area contributed by atoms with Gasteiger partial charge in [-0.25, -0.2) is 0 Å². The molecule has 0 aromatic heterocycles. The van der Waals surface area contributed by atoms with E-state index in [0.717, 1.165) is 5.56 Å². The number of carbonyl (C=O) groups is 2. The van der Waals surface area contributed by atoms with Crippen molar-refractivity contribution in [1.82, 2.24) is 10.2 Å². The molecule has 0 fully saturated rings. The van der Waals surface area contributed by atoms with E-state index in [1.54, 1.807) is 7.05 Å². The molecule has 0 atom stereocenters. The van der Waals surface area contributed by atoms with Crippen LogP contribution in [0.1, 0.15) is 5.56 Å². The van der Waals surface area contributed by atoms with Crippen LogP contribution in [0.5, 0.6) is 0 Å². The summed E-state index contributed by atoms with van der Waals surface area (Å²) in [6.45, 7) is 0.704. The summed E-state index contributed by atoms with van der Waals surface area (Å²) in [5, 5.41) is 2.79. The van der Waals surface area contributed by atoms with Crippen molar-refractivity contribution < 1.29 is 14.3 Å². The molecule has 19 heavy (non-hydrogen) atoms. The van der Waals surface area contributed by atoms with E-state index in [1.165, 1.54) is 12.0 Å². The number of ether oxygens (including phenoxy) is 1. The first-order valence-corrected chi connectivity index (χ1v) is 6.20. The fourth-order valence-corrected chi connectivity index (χ4v) is 1.68. The highest BCUT2D eigenvalue weighted by Gasteiger charge is 2.16. The Morgan fingerprint density at radius 1 is 1.26 bits per heavy atom. The summed E-state index contributed by atoms with van der Waals surface area (Å²) in [4.78, 5) is 24.7. The maximum absolute atomic E-state index is 11.9. The van der Waals surface area contributed by atoms with Crippen molar-refractivity contribution in [2.75, 3.05) is 33.8 Å². The van der Waals surface area contributed by atoms with Crippen LogP contribution < -0.4 is 5.32 Å². The number of benzene rings is 1. The van der Waals surface area contributed by atoms with E-state index in [2.05, 4.69) is 10.1 Å². The smallest absolute Gasteiger partial charge is 0.325 e. The molecule has 0 unspecified atom stereocenters. The molecule has 1 rings (SSSR count). The van der Waals surface area contributed by atoms with Gasteiger partial charge < -0.3 is 15.0 Å². The SMILES string of the molecule is CNCC(=O)N(CCc1ccccc1)CC(=O)OC. The average Bonchev–Trinajstić information content (AvgIpc) is 2.44.